The van der Waals surface area contributed by atoms with Crippen LogP contribution in [0.5, 0.6) is 0 Å². The third-order valence-electron chi connectivity index (χ3n) is 3.66. The highest BCUT2D eigenvalue weighted by Crippen LogP contribution is 2.27. The molecule has 0 radical (unpaired) electrons. The molecule has 3 rings (SSSR count). The summed E-state index contributed by atoms with van der Waals surface area (Å²) in [6.07, 6.45) is 5.35. The zero-order chi connectivity index (χ0) is 12.5. The number of rotatable bonds is 2. The summed E-state index contributed by atoms with van der Waals surface area (Å²) in [5.74, 6) is 0.937. The predicted molar refractivity (Wildman–Crippen MR) is 69.5 cm³/mol. The van der Waals surface area contributed by atoms with Gasteiger partial charge in [0.2, 0.25) is 0 Å². The van der Waals surface area contributed by atoms with Gasteiger partial charge >= 0.3 is 0 Å². The Morgan fingerprint density at radius 1 is 1.33 bits per heavy atom. The SMILES string of the molecule is CCn1nnc2c(N3CCCCC3C)ncnc21. The van der Waals surface area contributed by atoms with Crippen LogP contribution in [-0.4, -0.2) is 37.5 Å². The number of nitrogens with zero attached hydrogens (tertiary/aromatic N) is 6. The van der Waals surface area contributed by atoms with Crippen molar-refractivity contribution >= 4 is 17.0 Å². The maximum Gasteiger partial charge on any atom is 0.183 e. The van der Waals surface area contributed by atoms with E-state index in [0.717, 1.165) is 30.1 Å². The van der Waals surface area contributed by atoms with Gasteiger partial charge in [-0.15, -0.1) is 5.10 Å². The first-order valence-electron chi connectivity index (χ1n) is 6.62. The third kappa shape index (κ3) is 1.72. The number of piperidine rings is 1. The van der Waals surface area contributed by atoms with Gasteiger partial charge in [-0.2, -0.15) is 0 Å². The second kappa shape index (κ2) is 4.51. The summed E-state index contributed by atoms with van der Waals surface area (Å²) in [4.78, 5) is 11.1. The number of aryl methyl sites for hydroxylation is 1. The molecular formula is C12H18N6. The molecule has 6 heteroatoms. The zero-order valence-electron chi connectivity index (χ0n) is 10.9. The Hall–Kier alpha value is -1.72. The summed E-state index contributed by atoms with van der Waals surface area (Å²) in [6, 6.07) is 0.517. The smallest absolute Gasteiger partial charge is 0.183 e. The molecule has 1 fully saturated rings. The van der Waals surface area contributed by atoms with E-state index in [4.69, 9.17) is 0 Å². The first-order valence-corrected chi connectivity index (χ1v) is 6.62. The highest BCUT2D eigenvalue weighted by Gasteiger charge is 2.23. The molecule has 0 saturated carbocycles. The second-order valence-electron chi connectivity index (χ2n) is 4.81. The number of aromatic nitrogens is 5. The maximum absolute atomic E-state index is 4.43. The lowest BCUT2D eigenvalue weighted by atomic mass is 10.0. The molecule has 96 valence electrons. The van der Waals surface area contributed by atoms with Gasteiger partial charge in [0.1, 0.15) is 6.33 Å². The van der Waals surface area contributed by atoms with Gasteiger partial charge in [0.25, 0.3) is 0 Å². The quantitative estimate of drug-likeness (QED) is 0.806. The maximum atomic E-state index is 4.43. The van der Waals surface area contributed by atoms with Gasteiger partial charge in [-0.3, -0.25) is 0 Å². The molecule has 0 aromatic carbocycles. The molecule has 1 unspecified atom stereocenters. The Kier molecular flexibility index (Phi) is 2.85. The van der Waals surface area contributed by atoms with E-state index < -0.39 is 0 Å². The van der Waals surface area contributed by atoms with Crippen LogP contribution in [-0.2, 0) is 6.54 Å². The fraction of sp³-hybridized carbons (Fsp3) is 0.667. The van der Waals surface area contributed by atoms with Crippen LogP contribution in [0.2, 0.25) is 0 Å². The van der Waals surface area contributed by atoms with Crippen LogP contribution < -0.4 is 4.90 Å². The largest absolute Gasteiger partial charge is 0.352 e. The molecule has 18 heavy (non-hydrogen) atoms. The molecule has 1 aliphatic heterocycles. The Balaban J connectivity index is 2.08. The molecular weight excluding hydrogens is 228 g/mol. The average Bonchev–Trinajstić information content (AvgIpc) is 2.82. The molecule has 6 nitrogen and oxygen atoms in total. The van der Waals surface area contributed by atoms with Crippen molar-refractivity contribution in [3.63, 3.8) is 0 Å². The van der Waals surface area contributed by atoms with Crippen LogP contribution in [0, 0.1) is 0 Å². The van der Waals surface area contributed by atoms with E-state index in [9.17, 15) is 0 Å². The third-order valence-corrected chi connectivity index (χ3v) is 3.66. The molecule has 0 aliphatic carbocycles. The molecule has 0 N–H and O–H groups in total. The lowest BCUT2D eigenvalue weighted by Crippen LogP contribution is -2.38. The van der Waals surface area contributed by atoms with Crippen LogP contribution >= 0.6 is 0 Å². The van der Waals surface area contributed by atoms with Crippen molar-refractivity contribution < 1.29 is 0 Å². The minimum absolute atomic E-state index is 0.517. The van der Waals surface area contributed by atoms with Crippen molar-refractivity contribution in [1.82, 2.24) is 25.0 Å². The van der Waals surface area contributed by atoms with E-state index in [0.29, 0.717) is 6.04 Å². The van der Waals surface area contributed by atoms with Gasteiger partial charge in [-0.1, -0.05) is 5.21 Å². The number of hydrogen-bond acceptors (Lipinski definition) is 5. The number of hydrogen-bond donors (Lipinski definition) is 0. The first-order chi connectivity index (χ1) is 8.81. The van der Waals surface area contributed by atoms with E-state index in [2.05, 4.69) is 32.1 Å². The van der Waals surface area contributed by atoms with Gasteiger partial charge in [-0.05, 0) is 33.1 Å². The van der Waals surface area contributed by atoms with Gasteiger partial charge < -0.3 is 4.90 Å². The normalized spacial score (nSPS) is 20.6. The van der Waals surface area contributed by atoms with Gasteiger partial charge in [-0.25, -0.2) is 14.6 Å². The lowest BCUT2D eigenvalue weighted by molar-refractivity contribution is 0.482. The molecule has 0 amide bonds. The zero-order valence-corrected chi connectivity index (χ0v) is 10.9. The summed E-state index contributed by atoms with van der Waals surface area (Å²) in [7, 11) is 0. The Morgan fingerprint density at radius 3 is 3.00 bits per heavy atom. The first kappa shape index (κ1) is 11.4. The van der Waals surface area contributed by atoms with E-state index in [1.165, 1.54) is 19.3 Å². The fourth-order valence-electron chi connectivity index (χ4n) is 2.62. The van der Waals surface area contributed by atoms with Crippen molar-refractivity contribution in [2.45, 2.75) is 45.7 Å². The average molecular weight is 246 g/mol. The van der Waals surface area contributed by atoms with Crippen LogP contribution in [0.1, 0.15) is 33.1 Å². The Morgan fingerprint density at radius 2 is 2.22 bits per heavy atom. The highest BCUT2D eigenvalue weighted by molar-refractivity contribution is 5.82. The van der Waals surface area contributed by atoms with Crippen molar-refractivity contribution in [3.05, 3.63) is 6.33 Å². The topological polar surface area (TPSA) is 59.7 Å². The monoisotopic (exact) mass is 246 g/mol. The van der Waals surface area contributed by atoms with E-state index >= 15 is 0 Å². The second-order valence-corrected chi connectivity index (χ2v) is 4.81. The molecule has 0 spiro atoms. The molecule has 0 bridgehead atoms. The Labute approximate surface area is 106 Å². The summed E-state index contributed by atoms with van der Waals surface area (Å²) in [5.41, 5.74) is 1.66. The molecule has 1 aliphatic rings. The minimum Gasteiger partial charge on any atom is -0.352 e. The number of anilines is 1. The van der Waals surface area contributed by atoms with Gasteiger partial charge in [0, 0.05) is 19.1 Å². The lowest BCUT2D eigenvalue weighted by Gasteiger charge is -2.34. The summed E-state index contributed by atoms with van der Waals surface area (Å²) < 4.78 is 1.81. The van der Waals surface area contributed by atoms with Crippen molar-refractivity contribution in [2.75, 3.05) is 11.4 Å². The summed E-state index contributed by atoms with van der Waals surface area (Å²) in [5, 5.41) is 8.38. The van der Waals surface area contributed by atoms with Gasteiger partial charge in [0.15, 0.2) is 17.0 Å². The molecule has 1 saturated heterocycles. The standard InChI is InChI=1S/C12H18N6/c1-3-18-12-10(15-16-18)11(13-8-14-12)17-7-5-4-6-9(17)2/h8-9H,3-7H2,1-2H3. The fourth-order valence-corrected chi connectivity index (χ4v) is 2.62. The van der Waals surface area contributed by atoms with Crippen LogP contribution in [0.15, 0.2) is 6.33 Å². The van der Waals surface area contributed by atoms with Crippen molar-refractivity contribution in [2.24, 2.45) is 0 Å². The molecule has 2 aromatic rings. The molecule has 3 heterocycles. The van der Waals surface area contributed by atoms with Gasteiger partial charge in [0.05, 0.1) is 0 Å². The highest BCUT2D eigenvalue weighted by atomic mass is 15.4. The van der Waals surface area contributed by atoms with E-state index in [1.807, 2.05) is 11.6 Å². The van der Waals surface area contributed by atoms with Crippen molar-refractivity contribution in [1.29, 1.82) is 0 Å². The van der Waals surface area contributed by atoms with E-state index in [-0.39, 0.29) is 0 Å². The molecule has 1 atom stereocenters. The summed E-state index contributed by atoms with van der Waals surface area (Å²) >= 11 is 0. The summed E-state index contributed by atoms with van der Waals surface area (Å²) in [6.45, 7) is 6.12. The van der Waals surface area contributed by atoms with Crippen LogP contribution in [0.4, 0.5) is 5.82 Å². The van der Waals surface area contributed by atoms with Crippen LogP contribution in [0.25, 0.3) is 11.2 Å². The van der Waals surface area contributed by atoms with E-state index in [1.54, 1.807) is 6.33 Å². The number of fused-ring (bicyclic) bond motifs is 1. The molecule has 2 aromatic heterocycles. The van der Waals surface area contributed by atoms with Crippen LogP contribution in [0.3, 0.4) is 0 Å². The Bertz CT molecular complexity index is 548. The minimum atomic E-state index is 0.517. The predicted octanol–water partition coefficient (Wildman–Crippen LogP) is 1.62. The van der Waals surface area contributed by atoms with Crippen molar-refractivity contribution in [3.8, 4) is 0 Å².